The predicted molar refractivity (Wildman–Crippen MR) is 72.1 cm³/mol. The maximum absolute atomic E-state index is 9.66. The molecule has 102 valence electrons. The molecule has 1 atom stereocenters. The predicted octanol–water partition coefficient (Wildman–Crippen LogP) is -0.774. The molecule has 0 saturated heterocycles. The number of nitrogens with zero attached hydrogens (tertiary/aromatic N) is 2. The second kappa shape index (κ2) is 26.1. The molecule has 0 bridgehead atoms. The third-order valence-corrected chi connectivity index (χ3v) is 1.19. The molecule has 0 amide bonds. The van der Waals surface area contributed by atoms with E-state index in [0.29, 0.717) is 5.92 Å². The van der Waals surface area contributed by atoms with Crippen molar-refractivity contribution in [2.45, 2.75) is 20.8 Å². The van der Waals surface area contributed by atoms with E-state index in [4.69, 9.17) is 5.11 Å². The fourth-order valence-corrected chi connectivity index (χ4v) is 0.238. The Kier molecular flexibility index (Phi) is 39.0. The first-order valence-electron chi connectivity index (χ1n) is 5.30. The van der Waals surface area contributed by atoms with Crippen molar-refractivity contribution in [1.29, 1.82) is 0 Å². The van der Waals surface area contributed by atoms with E-state index in [-0.39, 0.29) is 64.0 Å². The quantitative estimate of drug-likeness (QED) is 0.237. The number of hydrogen-bond acceptors (Lipinski definition) is 4. The first-order valence-corrected chi connectivity index (χ1v) is 5.30. The summed E-state index contributed by atoms with van der Waals surface area (Å²) < 4.78 is 0. The SMILES string of the molecule is C=CC(C)C=O.CO/N=C/C(C)C.C[N-]CO.[K+]. The van der Waals surface area contributed by atoms with Crippen molar-refractivity contribution in [2.24, 2.45) is 17.0 Å². The molecule has 0 aromatic rings. The van der Waals surface area contributed by atoms with Crippen molar-refractivity contribution in [2.75, 3.05) is 20.9 Å². The van der Waals surface area contributed by atoms with Crippen molar-refractivity contribution in [1.82, 2.24) is 0 Å². The number of rotatable bonds is 5. The van der Waals surface area contributed by atoms with Crippen LogP contribution in [0.3, 0.4) is 0 Å². The first kappa shape index (κ1) is 26.9. The summed E-state index contributed by atoms with van der Waals surface area (Å²) in [5.74, 6) is 0.505. The normalized spacial score (nSPS) is 10.2. The molecule has 0 aromatic heterocycles. The fourth-order valence-electron chi connectivity index (χ4n) is 0.238. The monoisotopic (exact) mass is 284 g/mol. The molecule has 0 aromatic carbocycles. The Bertz CT molecular complexity index is 178. The number of carbonyl (C=O) groups is 1. The molecule has 0 spiro atoms. The number of oxime groups is 1. The largest absolute Gasteiger partial charge is 1.00 e. The van der Waals surface area contributed by atoms with E-state index in [1.54, 1.807) is 33.4 Å². The van der Waals surface area contributed by atoms with E-state index >= 15 is 0 Å². The van der Waals surface area contributed by atoms with E-state index in [0.717, 1.165) is 6.29 Å². The molecule has 0 aliphatic heterocycles. The van der Waals surface area contributed by atoms with Gasteiger partial charge in [-0.2, -0.15) is 7.05 Å². The van der Waals surface area contributed by atoms with Gasteiger partial charge in [0.2, 0.25) is 0 Å². The van der Waals surface area contributed by atoms with Crippen LogP contribution in [0.4, 0.5) is 0 Å². The van der Waals surface area contributed by atoms with Crippen LogP contribution < -0.4 is 51.4 Å². The van der Waals surface area contributed by atoms with Crippen LogP contribution in [0.1, 0.15) is 20.8 Å². The Morgan fingerprint density at radius 3 is 1.94 bits per heavy atom. The van der Waals surface area contributed by atoms with Gasteiger partial charge in [0.25, 0.3) is 0 Å². The van der Waals surface area contributed by atoms with Gasteiger partial charge >= 0.3 is 51.4 Å². The number of aldehydes is 1. The van der Waals surface area contributed by atoms with Crippen molar-refractivity contribution in [3.05, 3.63) is 18.0 Å². The number of allylic oxidation sites excluding steroid dienone is 1. The number of aliphatic hydroxyl groups excluding tert-OH is 1. The van der Waals surface area contributed by atoms with E-state index in [1.807, 2.05) is 13.8 Å². The van der Waals surface area contributed by atoms with Crippen molar-refractivity contribution in [3.8, 4) is 0 Å². The van der Waals surface area contributed by atoms with Crippen LogP contribution in [0.25, 0.3) is 5.32 Å². The Hall–Kier alpha value is 0.436. The molecular formula is C12H25KN2O3. The van der Waals surface area contributed by atoms with Crippen LogP contribution in [-0.4, -0.2) is 38.5 Å². The van der Waals surface area contributed by atoms with E-state index in [2.05, 4.69) is 21.9 Å². The standard InChI is InChI=1S/C5H11NO.C5H8O.C2H6NO.K/c1-5(2)4-6-7-3;1-3-5(2)4-6;1-3-2-4;/h4-5H,1-3H3;3-5H,1H2,2H3;4H,2H2,1H3;/q;;-1;+1/b6-4+;;;. The molecule has 0 aliphatic rings. The van der Waals surface area contributed by atoms with E-state index in [1.165, 1.54) is 0 Å². The number of carbonyl (C=O) groups excluding carboxylic acids is 1. The van der Waals surface area contributed by atoms with Crippen LogP contribution in [0.15, 0.2) is 17.8 Å². The molecular weight excluding hydrogens is 259 g/mol. The maximum atomic E-state index is 9.66. The Morgan fingerprint density at radius 2 is 1.89 bits per heavy atom. The molecule has 6 heteroatoms. The molecule has 0 radical (unpaired) electrons. The molecule has 0 aliphatic carbocycles. The van der Waals surface area contributed by atoms with Gasteiger partial charge in [-0.1, -0.05) is 32.0 Å². The molecule has 0 heterocycles. The molecule has 5 nitrogen and oxygen atoms in total. The van der Waals surface area contributed by atoms with Crippen LogP contribution in [0.2, 0.25) is 0 Å². The molecule has 0 rings (SSSR count). The van der Waals surface area contributed by atoms with Gasteiger partial charge in [-0.05, 0) is 12.6 Å². The zero-order valence-corrected chi connectivity index (χ0v) is 15.6. The van der Waals surface area contributed by atoms with Gasteiger partial charge in [-0.3, -0.25) is 0 Å². The van der Waals surface area contributed by atoms with Crippen LogP contribution >= 0.6 is 0 Å². The summed E-state index contributed by atoms with van der Waals surface area (Å²) in [6, 6.07) is 0. The summed E-state index contributed by atoms with van der Waals surface area (Å²) in [4.78, 5) is 14.1. The van der Waals surface area contributed by atoms with Crippen molar-refractivity contribution >= 4 is 12.5 Å². The Labute approximate surface area is 153 Å². The average molecular weight is 284 g/mol. The van der Waals surface area contributed by atoms with Crippen LogP contribution in [-0.2, 0) is 9.63 Å². The average Bonchev–Trinajstić information content (AvgIpc) is 2.36. The molecule has 0 fully saturated rings. The van der Waals surface area contributed by atoms with E-state index < -0.39 is 0 Å². The third kappa shape index (κ3) is 44.0. The van der Waals surface area contributed by atoms with Gasteiger partial charge in [-0.15, -0.1) is 6.58 Å². The maximum Gasteiger partial charge on any atom is 1.00 e. The molecule has 1 unspecified atom stereocenters. The number of aliphatic hydroxyl groups is 1. The summed E-state index contributed by atoms with van der Waals surface area (Å²) in [6.07, 6.45) is 4.21. The van der Waals surface area contributed by atoms with Gasteiger partial charge in [0.1, 0.15) is 13.4 Å². The fraction of sp³-hybridized carbons (Fsp3) is 0.667. The summed E-state index contributed by atoms with van der Waals surface area (Å²) in [7, 11) is 3.10. The molecule has 1 N–H and O–H groups in total. The zero-order valence-electron chi connectivity index (χ0n) is 12.5. The van der Waals surface area contributed by atoms with Crippen molar-refractivity contribution < 1.29 is 66.1 Å². The third-order valence-electron chi connectivity index (χ3n) is 1.19. The van der Waals surface area contributed by atoms with Crippen molar-refractivity contribution in [3.63, 3.8) is 0 Å². The zero-order chi connectivity index (χ0) is 14.1. The second-order valence-corrected chi connectivity index (χ2v) is 3.37. The van der Waals surface area contributed by atoms with E-state index in [9.17, 15) is 4.79 Å². The molecule has 0 saturated carbocycles. The van der Waals surface area contributed by atoms with Gasteiger partial charge in [0.15, 0.2) is 0 Å². The Balaban J connectivity index is -0.0000000823. The topological polar surface area (TPSA) is 73.0 Å². The summed E-state index contributed by atoms with van der Waals surface area (Å²) >= 11 is 0. The minimum atomic E-state index is -0.0556. The molecule has 18 heavy (non-hydrogen) atoms. The second-order valence-electron chi connectivity index (χ2n) is 3.37. The first-order chi connectivity index (χ1) is 7.99. The smallest absolute Gasteiger partial charge is 0.642 e. The van der Waals surface area contributed by atoms with Crippen LogP contribution in [0.5, 0.6) is 0 Å². The Morgan fingerprint density at radius 1 is 1.44 bits per heavy atom. The van der Waals surface area contributed by atoms with Gasteiger partial charge in [0.05, 0.1) is 0 Å². The minimum Gasteiger partial charge on any atom is -0.642 e. The summed E-state index contributed by atoms with van der Waals surface area (Å²) in [5.41, 5.74) is 0. The van der Waals surface area contributed by atoms with Gasteiger partial charge in [-0.25, -0.2) is 0 Å². The minimum absolute atomic E-state index is 0. The van der Waals surface area contributed by atoms with Crippen LogP contribution in [0, 0.1) is 11.8 Å². The van der Waals surface area contributed by atoms with Gasteiger partial charge < -0.3 is 20.1 Å². The summed E-state index contributed by atoms with van der Waals surface area (Å²) in [6.45, 7) is 9.22. The summed E-state index contributed by atoms with van der Waals surface area (Å²) in [5, 5.41) is 14.5. The number of hydrogen-bond donors (Lipinski definition) is 1. The van der Waals surface area contributed by atoms with Gasteiger partial charge in [0, 0.05) is 12.1 Å².